The second-order valence-corrected chi connectivity index (χ2v) is 5.63. The van der Waals surface area contributed by atoms with Crippen molar-refractivity contribution >= 4 is 5.97 Å². The van der Waals surface area contributed by atoms with Crippen molar-refractivity contribution in [3.63, 3.8) is 0 Å². The Morgan fingerprint density at radius 1 is 0.789 bits per heavy atom. The van der Waals surface area contributed by atoms with Gasteiger partial charge in [-0.05, 0) is 12.8 Å². The smallest absolute Gasteiger partial charge is 0.308 e. The first-order chi connectivity index (χ1) is 9.26. The fraction of sp³-hybridized carbons (Fsp3) is 0.941. The van der Waals surface area contributed by atoms with Crippen LogP contribution in [0.5, 0.6) is 0 Å². The maximum Gasteiger partial charge on any atom is 0.308 e. The number of hydrogen-bond acceptors (Lipinski definition) is 2. The SMILES string of the molecule is CCCCCCCCCCCC(CCC)C(=O)OC. The Kier molecular flexibility index (Phi) is 13.5. The minimum atomic E-state index is -0.0126. The quantitative estimate of drug-likeness (QED) is 0.326. The zero-order valence-electron chi connectivity index (χ0n) is 13.4. The molecule has 0 fully saturated rings. The zero-order chi connectivity index (χ0) is 14.3. The van der Waals surface area contributed by atoms with Crippen LogP contribution in [0.2, 0.25) is 0 Å². The van der Waals surface area contributed by atoms with Gasteiger partial charge in [0.1, 0.15) is 0 Å². The zero-order valence-corrected chi connectivity index (χ0v) is 13.4. The highest BCUT2D eigenvalue weighted by atomic mass is 16.5. The Morgan fingerprint density at radius 2 is 1.32 bits per heavy atom. The molecule has 0 rings (SSSR count). The van der Waals surface area contributed by atoms with Crippen molar-refractivity contribution in [1.82, 2.24) is 0 Å². The summed E-state index contributed by atoms with van der Waals surface area (Å²) in [5.41, 5.74) is 0. The Balaban J connectivity index is 3.42. The molecule has 2 nitrogen and oxygen atoms in total. The van der Waals surface area contributed by atoms with Crippen LogP contribution in [0.1, 0.15) is 90.9 Å². The maximum absolute atomic E-state index is 11.5. The molecule has 0 saturated heterocycles. The van der Waals surface area contributed by atoms with E-state index in [0.29, 0.717) is 0 Å². The first kappa shape index (κ1) is 18.5. The van der Waals surface area contributed by atoms with Crippen LogP contribution in [-0.2, 0) is 9.53 Å². The van der Waals surface area contributed by atoms with Crippen molar-refractivity contribution in [3.8, 4) is 0 Å². The molecule has 0 heterocycles. The summed E-state index contributed by atoms with van der Waals surface area (Å²) in [7, 11) is 1.50. The average Bonchev–Trinajstić information content (AvgIpc) is 2.43. The van der Waals surface area contributed by atoms with Crippen LogP contribution in [0.15, 0.2) is 0 Å². The molecule has 0 radical (unpaired) electrons. The van der Waals surface area contributed by atoms with E-state index in [1.807, 2.05) is 0 Å². The summed E-state index contributed by atoms with van der Waals surface area (Å²) in [6.45, 7) is 4.39. The lowest BCUT2D eigenvalue weighted by Gasteiger charge is -2.13. The Labute approximate surface area is 120 Å². The number of ether oxygens (including phenoxy) is 1. The van der Waals surface area contributed by atoms with E-state index in [4.69, 9.17) is 4.74 Å². The van der Waals surface area contributed by atoms with Crippen LogP contribution in [0.3, 0.4) is 0 Å². The summed E-state index contributed by atoms with van der Waals surface area (Å²) in [5, 5.41) is 0. The van der Waals surface area contributed by atoms with Gasteiger partial charge in [-0.25, -0.2) is 0 Å². The lowest BCUT2D eigenvalue weighted by atomic mass is 9.96. The number of unbranched alkanes of at least 4 members (excludes halogenated alkanes) is 8. The van der Waals surface area contributed by atoms with Crippen LogP contribution in [0.25, 0.3) is 0 Å². The van der Waals surface area contributed by atoms with Crippen LogP contribution in [0.4, 0.5) is 0 Å². The minimum Gasteiger partial charge on any atom is -0.469 e. The van der Waals surface area contributed by atoms with E-state index < -0.39 is 0 Å². The van der Waals surface area contributed by atoms with Gasteiger partial charge in [0.2, 0.25) is 0 Å². The number of carbonyl (C=O) groups is 1. The van der Waals surface area contributed by atoms with Crippen LogP contribution in [0, 0.1) is 5.92 Å². The average molecular weight is 270 g/mol. The molecule has 1 unspecified atom stereocenters. The van der Waals surface area contributed by atoms with Gasteiger partial charge in [-0.15, -0.1) is 0 Å². The number of hydrogen-bond donors (Lipinski definition) is 0. The van der Waals surface area contributed by atoms with Gasteiger partial charge in [-0.1, -0.05) is 78.1 Å². The molecular formula is C17H34O2. The van der Waals surface area contributed by atoms with E-state index in [2.05, 4.69) is 13.8 Å². The molecule has 0 aromatic rings. The summed E-state index contributed by atoms with van der Waals surface area (Å²) in [5.74, 6) is 0.126. The van der Waals surface area contributed by atoms with Crippen LogP contribution < -0.4 is 0 Å². The van der Waals surface area contributed by atoms with Crippen molar-refractivity contribution < 1.29 is 9.53 Å². The lowest BCUT2D eigenvalue weighted by Crippen LogP contribution is -2.15. The van der Waals surface area contributed by atoms with E-state index in [0.717, 1.165) is 19.3 Å². The third kappa shape index (κ3) is 11.0. The summed E-state index contributed by atoms with van der Waals surface area (Å²) in [6.07, 6.45) is 15.1. The molecule has 0 aliphatic carbocycles. The van der Waals surface area contributed by atoms with E-state index in [9.17, 15) is 4.79 Å². The predicted molar refractivity (Wildman–Crippen MR) is 82.3 cm³/mol. The Hall–Kier alpha value is -0.530. The van der Waals surface area contributed by atoms with Gasteiger partial charge in [0.05, 0.1) is 13.0 Å². The molecule has 2 heteroatoms. The first-order valence-electron chi connectivity index (χ1n) is 8.34. The summed E-state index contributed by atoms with van der Waals surface area (Å²) in [4.78, 5) is 11.5. The molecule has 0 aliphatic rings. The highest BCUT2D eigenvalue weighted by Gasteiger charge is 2.17. The molecule has 0 aromatic carbocycles. The second-order valence-electron chi connectivity index (χ2n) is 5.63. The Morgan fingerprint density at radius 3 is 1.79 bits per heavy atom. The van der Waals surface area contributed by atoms with Gasteiger partial charge in [-0.2, -0.15) is 0 Å². The van der Waals surface area contributed by atoms with Crippen LogP contribution >= 0.6 is 0 Å². The van der Waals surface area contributed by atoms with Gasteiger partial charge in [0.25, 0.3) is 0 Å². The predicted octanol–water partition coefficient (Wildman–Crippen LogP) is 5.50. The van der Waals surface area contributed by atoms with E-state index in [1.165, 1.54) is 64.9 Å². The number of methoxy groups -OCH3 is 1. The van der Waals surface area contributed by atoms with E-state index >= 15 is 0 Å². The topological polar surface area (TPSA) is 26.3 Å². The summed E-state index contributed by atoms with van der Waals surface area (Å²) >= 11 is 0. The second kappa shape index (κ2) is 13.9. The highest BCUT2D eigenvalue weighted by Crippen LogP contribution is 2.18. The van der Waals surface area contributed by atoms with Gasteiger partial charge in [-0.3, -0.25) is 4.79 Å². The van der Waals surface area contributed by atoms with E-state index in [-0.39, 0.29) is 11.9 Å². The molecule has 0 aliphatic heterocycles. The van der Waals surface area contributed by atoms with Crippen molar-refractivity contribution in [1.29, 1.82) is 0 Å². The number of esters is 1. The molecule has 0 bridgehead atoms. The van der Waals surface area contributed by atoms with Crippen molar-refractivity contribution in [3.05, 3.63) is 0 Å². The highest BCUT2D eigenvalue weighted by molar-refractivity contribution is 5.72. The van der Waals surface area contributed by atoms with Crippen molar-refractivity contribution in [2.24, 2.45) is 5.92 Å². The van der Waals surface area contributed by atoms with E-state index in [1.54, 1.807) is 0 Å². The van der Waals surface area contributed by atoms with Gasteiger partial charge < -0.3 is 4.74 Å². The number of carbonyl (C=O) groups excluding carboxylic acids is 1. The number of rotatable bonds is 13. The molecule has 0 saturated carbocycles. The molecule has 0 spiro atoms. The van der Waals surface area contributed by atoms with Gasteiger partial charge in [0.15, 0.2) is 0 Å². The summed E-state index contributed by atoms with van der Waals surface area (Å²) < 4.78 is 4.86. The third-order valence-corrected chi connectivity index (χ3v) is 3.83. The largest absolute Gasteiger partial charge is 0.469 e. The molecule has 0 amide bonds. The third-order valence-electron chi connectivity index (χ3n) is 3.83. The minimum absolute atomic E-state index is 0.0126. The summed E-state index contributed by atoms with van der Waals surface area (Å²) in [6, 6.07) is 0. The fourth-order valence-electron chi connectivity index (χ4n) is 2.60. The Bertz CT molecular complexity index is 201. The lowest BCUT2D eigenvalue weighted by molar-refractivity contribution is -0.146. The molecular weight excluding hydrogens is 236 g/mol. The molecule has 0 aromatic heterocycles. The van der Waals surface area contributed by atoms with Gasteiger partial charge in [0, 0.05) is 0 Å². The van der Waals surface area contributed by atoms with Crippen molar-refractivity contribution in [2.75, 3.05) is 7.11 Å². The fourth-order valence-corrected chi connectivity index (χ4v) is 2.60. The molecule has 114 valence electrons. The normalized spacial score (nSPS) is 12.4. The molecule has 19 heavy (non-hydrogen) atoms. The maximum atomic E-state index is 11.5. The van der Waals surface area contributed by atoms with Gasteiger partial charge >= 0.3 is 5.97 Å². The standard InChI is InChI=1S/C17H34O2/c1-4-6-7-8-9-10-11-12-13-15-16(14-5-2)17(18)19-3/h16H,4-15H2,1-3H3. The molecule has 0 N–H and O–H groups in total. The first-order valence-corrected chi connectivity index (χ1v) is 8.34. The molecule has 1 atom stereocenters. The van der Waals surface area contributed by atoms with Crippen LogP contribution in [-0.4, -0.2) is 13.1 Å². The monoisotopic (exact) mass is 270 g/mol. The van der Waals surface area contributed by atoms with Crippen molar-refractivity contribution in [2.45, 2.75) is 90.9 Å².